The number of hydrogen-bond donors (Lipinski definition) is 1. The van der Waals surface area contributed by atoms with Gasteiger partial charge in [-0.05, 0) is 47.9 Å². The number of nitrogens with zero attached hydrogens (tertiary/aromatic N) is 4. The first-order chi connectivity index (χ1) is 13.4. The minimum absolute atomic E-state index is 0.670. The van der Waals surface area contributed by atoms with Crippen molar-refractivity contribution < 1.29 is 0 Å². The van der Waals surface area contributed by atoms with Gasteiger partial charge in [0.25, 0.3) is 0 Å². The van der Waals surface area contributed by atoms with Gasteiger partial charge in [0.1, 0.15) is 5.82 Å². The second-order valence-corrected chi connectivity index (χ2v) is 6.21. The SMILES string of the molecule is c1ccc2c(Nc3ccc4cnccc4c3)nc(-c3ccncc3)nc2c1. The first kappa shape index (κ1) is 15.4. The van der Waals surface area contributed by atoms with Gasteiger partial charge >= 0.3 is 0 Å². The Balaban J connectivity index is 1.64. The molecule has 3 aromatic heterocycles. The van der Waals surface area contributed by atoms with Crippen LogP contribution in [0.5, 0.6) is 0 Å². The summed E-state index contributed by atoms with van der Waals surface area (Å²) in [5, 5.41) is 6.67. The molecule has 0 spiro atoms. The average Bonchev–Trinajstić information content (AvgIpc) is 2.74. The van der Waals surface area contributed by atoms with Gasteiger partial charge in [-0.3, -0.25) is 9.97 Å². The van der Waals surface area contributed by atoms with Crippen LogP contribution in [0.15, 0.2) is 85.5 Å². The van der Waals surface area contributed by atoms with E-state index in [1.807, 2.05) is 54.7 Å². The highest BCUT2D eigenvalue weighted by atomic mass is 15.0. The van der Waals surface area contributed by atoms with Gasteiger partial charge in [-0.25, -0.2) is 9.97 Å². The topological polar surface area (TPSA) is 63.6 Å². The van der Waals surface area contributed by atoms with Crippen LogP contribution in [-0.2, 0) is 0 Å². The molecule has 3 heterocycles. The smallest absolute Gasteiger partial charge is 0.162 e. The van der Waals surface area contributed by atoms with E-state index in [4.69, 9.17) is 9.97 Å². The molecule has 0 aliphatic heterocycles. The van der Waals surface area contributed by atoms with Gasteiger partial charge in [-0.15, -0.1) is 0 Å². The van der Waals surface area contributed by atoms with Crippen LogP contribution in [-0.4, -0.2) is 19.9 Å². The molecule has 5 heteroatoms. The van der Waals surface area contributed by atoms with Crippen molar-refractivity contribution in [2.75, 3.05) is 5.32 Å². The molecule has 5 rings (SSSR count). The lowest BCUT2D eigenvalue weighted by Gasteiger charge is -2.11. The summed E-state index contributed by atoms with van der Waals surface area (Å²) in [6.07, 6.45) is 7.16. The lowest BCUT2D eigenvalue weighted by Crippen LogP contribution is -1.99. The van der Waals surface area contributed by atoms with Gasteiger partial charge in [0.05, 0.1) is 5.52 Å². The number of hydrogen-bond acceptors (Lipinski definition) is 5. The van der Waals surface area contributed by atoms with Crippen molar-refractivity contribution in [2.45, 2.75) is 0 Å². The molecule has 0 fully saturated rings. The van der Waals surface area contributed by atoms with E-state index < -0.39 is 0 Å². The van der Waals surface area contributed by atoms with Crippen LogP contribution in [0.1, 0.15) is 0 Å². The Morgan fingerprint density at radius 1 is 0.704 bits per heavy atom. The highest BCUT2D eigenvalue weighted by Crippen LogP contribution is 2.28. The molecule has 128 valence electrons. The summed E-state index contributed by atoms with van der Waals surface area (Å²) in [5.74, 6) is 1.45. The molecule has 0 saturated carbocycles. The Kier molecular flexibility index (Phi) is 3.68. The van der Waals surface area contributed by atoms with Gasteiger partial charge in [0.2, 0.25) is 0 Å². The first-order valence-corrected chi connectivity index (χ1v) is 8.65. The predicted molar refractivity (Wildman–Crippen MR) is 108 cm³/mol. The van der Waals surface area contributed by atoms with Gasteiger partial charge in [0, 0.05) is 46.8 Å². The number of aromatic nitrogens is 4. The molecule has 27 heavy (non-hydrogen) atoms. The highest BCUT2D eigenvalue weighted by molar-refractivity contribution is 5.93. The molecule has 0 aliphatic rings. The van der Waals surface area contributed by atoms with Crippen LogP contribution >= 0.6 is 0 Å². The Hall–Kier alpha value is -3.86. The largest absolute Gasteiger partial charge is 0.340 e. The number of para-hydroxylation sites is 1. The number of nitrogens with one attached hydrogen (secondary N) is 1. The predicted octanol–water partition coefficient (Wildman–Crippen LogP) is 4.98. The number of benzene rings is 2. The van der Waals surface area contributed by atoms with E-state index >= 15 is 0 Å². The summed E-state index contributed by atoms with van der Waals surface area (Å²) in [4.78, 5) is 17.7. The molecule has 2 aromatic carbocycles. The molecular formula is C22H15N5. The van der Waals surface area contributed by atoms with Gasteiger partial charge < -0.3 is 5.32 Å². The summed E-state index contributed by atoms with van der Waals surface area (Å²) in [6, 6.07) is 20.0. The maximum atomic E-state index is 4.78. The Bertz CT molecular complexity index is 1250. The minimum atomic E-state index is 0.670. The molecule has 0 unspecified atom stereocenters. The minimum Gasteiger partial charge on any atom is -0.340 e. The monoisotopic (exact) mass is 349 g/mol. The summed E-state index contributed by atoms with van der Waals surface area (Å²) in [7, 11) is 0. The standard InChI is InChI=1S/C22H15N5/c1-2-4-20-19(3-1)22(27-21(26-20)15-7-10-23-11-8-15)25-18-6-5-17-14-24-12-9-16(17)13-18/h1-14H,(H,25,26,27). The zero-order chi connectivity index (χ0) is 18.1. The van der Waals surface area contributed by atoms with Gasteiger partial charge in [-0.1, -0.05) is 18.2 Å². The van der Waals surface area contributed by atoms with E-state index in [-0.39, 0.29) is 0 Å². The first-order valence-electron chi connectivity index (χ1n) is 8.65. The van der Waals surface area contributed by atoms with Crippen molar-refractivity contribution >= 4 is 33.2 Å². The third kappa shape index (κ3) is 2.95. The molecule has 1 N–H and O–H groups in total. The third-order valence-electron chi connectivity index (χ3n) is 4.45. The van der Waals surface area contributed by atoms with Crippen LogP contribution in [0.2, 0.25) is 0 Å². The fourth-order valence-electron chi connectivity index (χ4n) is 3.10. The van der Waals surface area contributed by atoms with Crippen LogP contribution in [0.3, 0.4) is 0 Å². The molecule has 5 aromatic rings. The number of rotatable bonds is 3. The van der Waals surface area contributed by atoms with Crippen molar-refractivity contribution in [2.24, 2.45) is 0 Å². The zero-order valence-corrected chi connectivity index (χ0v) is 14.4. The van der Waals surface area contributed by atoms with Crippen LogP contribution in [0.4, 0.5) is 11.5 Å². The molecule has 0 atom stereocenters. The molecule has 0 aliphatic carbocycles. The number of fused-ring (bicyclic) bond motifs is 2. The third-order valence-corrected chi connectivity index (χ3v) is 4.45. The number of anilines is 2. The maximum absolute atomic E-state index is 4.78. The second kappa shape index (κ2) is 6.46. The van der Waals surface area contributed by atoms with Crippen molar-refractivity contribution in [3.63, 3.8) is 0 Å². The number of pyridine rings is 2. The lowest BCUT2D eigenvalue weighted by molar-refractivity contribution is 1.21. The molecule has 0 bridgehead atoms. The van der Waals surface area contributed by atoms with Crippen LogP contribution in [0, 0.1) is 0 Å². The summed E-state index contributed by atoms with van der Waals surface area (Å²) >= 11 is 0. The average molecular weight is 349 g/mol. The Labute approximate surface area is 155 Å². The fraction of sp³-hybridized carbons (Fsp3) is 0. The van der Waals surface area contributed by atoms with Crippen molar-refractivity contribution in [3.05, 3.63) is 85.5 Å². The van der Waals surface area contributed by atoms with Crippen LogP contribution in [0.25, 0.3) is 33.1 Å². The van der Waals surface area contributed by atoms with Crippen molar-refractivity contribution in [1.29, 1.82) is 0 Å². The van der Waals surface area contributed by atoms with Crippen molar-refractivity contribution in [3.8, 4) is 11.4 Å². The second-order valence-electron chi connectivity index (χ2n) is 6.21. The van der Waals surface area contributed by atoms with E-state index in [0.717, 1.165) is 38.7 Å². The molecule has 0 radical (unpaired) electrons. The van der Waals surface area contributed by atoms with E-state index in [9.17, 15) is 0 Å². The summed E-state index contributed by atoms with van der Waals surface area (Å²) < 4.78 is 0. The highest BCUT2D eigenvalue weighted by Gasteiger charge is 2.10. The molecule has 5 nitrogen and oxygen atoms in total. The molecule has 0 amide bonds. The normalized spacial score (nSPS) is 11.0. The summed E-state index contributed by atoms with van der Waals surface area (Å²) in [5.41, 5.74) is 2.80. The van der Waals surface area contributed by atoms with E-state index in [2.05, 4.69) is 27.4 Å². The van der Waals surface area contributed by atoms with Crippen molar-refractivity contribution in [1.82, 2.24) is 19.9 Å². The Morgan fingerprint density at radius 2 is 1.56 bits per heavy atom. The van der Waals surface area contributed by atoms with Crippen LogP contribution < -0.4 is 5.32 Å². The van der Waals surface area contributed by atoms with E-state index in [1.54, 1.807) is 18.6 Å². The Morgan fingerprint density at radius 3 is 2.48 bits per heavy atom. The van der Waals surface area contributed by atoms with E-state index in [1.165, 1.54) is 0 Å². The maximum Gasteiger partial charge on any atom is 0.162 e. The van der Waals surface area contributed by atoms with Gasteiger partial charge in [0.15, 0.2) is 5.82 Å². The van der Waals surface area contributed by atoms with Gasteiger partial charge in [-0.2, -0.15) is 0 Å². The molecule has 0 saturated heterocycles. The zero-order valence-electron chi connectivity index (χ0n) is 14.4. The quantitative estimate of drug-likeness (QED) is 0.497. The lowest BCUT2D eigenvalue weighted by atomic mass is 10.1. The fourth-order valence-corrected chi connectivity index (χ4v) is 3.10. The van der Waals surface area contributed by atoms with E-state index in [0.29, 0.717) is 5.82 Å². The summed E-state index contributed by atoms with van der Waals surface area (Å²) in [6.45, 7) is 0. The molecular weight excluding hydrogens is 334 g/mol.